The van der Waals surface area contributed by atoms with Gasteiger partial charge in [-0.05, 0) is 53.3 Å². The van der Waals surface area contributed by atoms with E-state index < -0.39 is 21.5 Å². The maximum Gasteiger partial charge on any atom is 0.409 e. The number of carboxylic acid groups (broad SMARTS) is 1. The molecule has 0 aliphatic heterocycles. The summed E-state index contributed by atoms with van der Waals surface area (Å²) in [4.78, 5) is 25.3. The highest BCUT2D eigenvalue weighted by atomic mass is 32.2. The van der Waals surface area contributed by atoms with E-state index in [1.807, 2.05) is 38.3 Å². The van der Waals surface area contributed by atoms with Crippen LogP contribution in [0.25, 0.3) is 21.3 Å². The first-order chi connectivity index (χ1) is 20.5. The van der Waals surface area contributed by atoms with Gasteiger partial charge in [-0.1, -0.05) is 45.0 Å². The number of aromatic nitrogens is 4. The van der Waals surface area contributed by atoms with Crippen LogP contribution in [0.5, 0.6) is 11.6 Å². The van der Waals surface area contributed by atoms with E-state index in [0.717, 1.165) is 9.54 Å². The lowest BCUT2D eigenvalue weighted by molar-refractivity contribution is 0.209. The standard InChI is InChI=1S/C30H26N6O5S2/c1-30(2,3)24-21(10-7-11-22(24)34-29(37)38)32-28-33-23-13-15-42-25(23)27(35-28)41-19-16-18-12-14-36(26(18)31-17-19)43(39,40)20-8-5-4-6-9-20/h4-17,34H,1-3H3,(H,37,38)(H,32,33,35). The van der Waals surface area contributed by atoms with E-state index in [4.69, 9.17) is 4.74 Å². The second-order valence-corrected chi connectivity index (χ2v) is 13.4. The molecule has 11 nitrogen and oxygen atoms in total. The predicted molar refractivity (Wildman–Crippen MR) is 166 cm³/mol. The number of ether oxygens (including phenoxy) is 1. The molecule has 0 fully saturated rings. The summed E-state index contributed by atoms with van der Waals surface area (Å²) in [6, 6.07) is 18.7. The maximum atomic E-state index is 13.2. The van der Waals surface area contributed by atoms with Crippen LogP contribution in [0.15, 0.2) is 89.4 Å². The molecular formula is C30H26N6O5S2. The van der Waals surface area contributed by atoms with Gasteiger partial charge in [-0.15, -0.1) is 11.3 Å². The molecule has 0 radical (unpaired) electrons. The van der Waals surface area contributed by atoms with E-state index in [1.54, 1.807) is 42.5 Å². The van der Waals surface area contributed by atoms with Crippen LogP contribution in [0.2, 0.25) is 0 Å². The molecule has 4 heterocycles. The Kier molecular flexibility index (Phi) is 6.98. The van der Waals surface area contributed by atoms with Gasteiger partial charge in [0.25, 0.3) is 10.0 Å². The fourth-order valence-corrected chi connectivity index (χ4v) is 6.90. The molecule has 0 saturated heterocycles. The SMILES string of the molecule is CC(C)(C)c1c(NC(=O)O)cccc1Nc1nc(Oc2cnc3c(ccn3S(=O)(=O)c3ccccc3)c2)c2sccc2n1. The van der Waals surface area contributed by atoms with Crippen molar-refractivity contribution >= 4 is 66.0 Å². The average molecular weight is 615 g/mol. The van der Waals surface area contributed by atoms with Crippen molar-refractivity contribution in [1.82, 2.24) is 18.9 Å². The highest BCUT2D eigenvalue weighted by Gasteiger charge is 2.24. The molecular weight excluding hydrogens is 589 g/mol. The number of fused-ring (bicyclic) bond motifs is 2. The molecule has 0 aliphatic carbocycles. The minimum Gasteiger partial charge on any atom is -0.465 e. The Balaban J connectivity index is 1.35. The van der Waals surface area contributed by atoms with Gasteiger partial charge in [-0.3, -0.25) is 5.32 Å². The average Bonchev–Trinajstić information content (AvgIpc) is 3.60. The van der Waals surface area contributed by atoms with Crippen molar-refractivity contribution in [3.05, 3.63) is 90.1 Å². The van der Waals surface area contributed by atoms with E-state index in [0.29, 0.717) is 32.7 Å². The van der Waals surface area contributed by atoms with Crippen LogP contribution in [0.1, 0.15) is 26.3 Å². The number of nitrogens with one attached hydrogen (secondary N) is 2. The minimum absolute atomic E-state index is 0.162. The topological polar surface area (TPSA) is 148 Å². The molecule has 0 unspecified atom stereocenters. The summed E-state index contributed by atoms with van der Waals surface area (Å²) in [6.45, 7) is 5.96. The molecule has 43 heavy (non-hydrogen) atoms. The number of pyridine rings is 1. The van der Waals surface area contributed by atoms with Crippen molar-refractivity contribution in [2.45, 2.75) is 31.1 Å². The molecule has 0 bridgehead atoms. The van der Waals surface area contributed by atoms with Crippen LogP contribution in [0, 0.1) is 0 Å². The van der Waals surface area contributed by atoms with E-state index in [9.17, 15) is 18.3 Å². The third-order valence-electron chi connectivity index (χ3n) is 6.56. The maximum absolute atomic E-state index is 13.2. The summed E-state index contributed by atoms with van der Waals surface area (Å²) in [5.74, 6) is 0.912. The smallest absolute Gasteiger partial charge is 0.409 e. The number of nitrogens with zero attached hydrogens (tertiary/aromatic N) is 4. The number of thiophene rings is 1. The summed E-state index contributed by atoms with van der Waals surface area (Å²) >= 11 is 1.42. The summed E-state index contributed by atoms with van der Waals surface area (Å²) in [6.07, 6.45) is 1.76. The quantitative estimate of drug-likeness (QED) is 0.170. The van der Waals surface area contributed by atoms with Gasteiger partial charge in [0.05, 0.1) is 16.6 Å². The number of carbonyl (C=O) groups is 1. The zero-order chi connectivity index (χ0) is 30.4. The normalized spacial score (nSPS) is 12.0. The Morgan fingerprint density at radius 1 is 1.00 bits per heavy atom. The second kappa shape index (κ2) is 10.7. The Hall–Kier alpha value is -5.01. The van der Waals surface area contributed by atoms with Crippen molar-refractivity contribution in [3.63, 3.8) is 0 Å². The largest absolute Gasteiger partial charge is 0.465 e. The second-order valence-electron chi connectivity index (χ2n) is 10.6. The van der Waals surface area contributed by atoms with Gasteiger partial charge in [0, 0.05) is 28.5 Å². The van der Waals surface area contributed by atoms with Gasteiger partial charge in [-0.2, -0.15) is 4.98 Å². The first kappa shape index (κ1) is 28.1. The molecule has 6 aromatic rings. The number of rotatable bonds is 7. The van der Waals surface area contributed by atoms with Crippen LogP contribution in [-0.4, -0.2) is 38.5 Å². The van der Waals surface area contributed by atoms with Gasteiger partial charge >= 0.3 is 6.09 Å². The molecule has 218 valence electrons. The molecule has 6 rings (SSSR count). The highest BCUT2D eigenvalue weighted by Crippen LogP contribution is 2.39. The minimum atomic E-state index is -3.83. The van der Waals surface area contributed by atoms with Gasteiger partial charge in [0.2, 0.25) is 11.8 Å². The van der Waals surface area contributed by atoms with Crippen molar-refractivity contribution in [2.24, 2.45) is 0 Å². The fourth-order valence-electron chi connectivity index (χ4n) is 4.81. The molecule has 4 aromatic heterocycles. The van der Waals surface area contributed by atoms with Crippen LogP contribution >= 0.6 is 11.3 Å². The monoisotopic (exact) mass is 614 g/mol. The van der Waals surface area contributed by atoms with E-state index in [2.05, 4.69) is 25.6 Å². The molecule has 13 heteroatoms. The first-order valence-corrected chi connectivity index (χ1v) is 15.4. The van der Waals surface area contributed by atoms with Gasteiger partial charge in [0.1, 0.15) is 10.4 Å². The Morgan fingerprint density at radius 2 is 1.77 bits per heavy atom. The number of benzene rings is 2. The van der Waals surface area contributed by atoms with Crippen molar-refractivity contribution in [2.75, 3.05) is 10.6 Å². The Labute approximate surface area is 250 Å². The lowest BCUT2D eigenvalue weighted by Gasteiger charge is -2.26. The molecule has 0 saturated carbocycles. The van der Waals surface area contributed by atoms with Crippen LogP contribution in [-0.2, 0) is 15.4 Å². The zero-order valence-corrected chi connectivity index (χ0v) is 24.9. The zero-order valence-electron chi connectivity index (χ0n) is 23.3. The number of hydrogen-bond acceptors (Lipinski definition) is 9. The van der Waals surface area contributed by atoms with E-state index in [1.165, 1.54) is 35.9 Å². The lowest BCUT2D eigenvalue weighted by atomic mass is 9.84. The van der Waals surface area contributed by atoms with Crippen LogP contribution in [0.3, 0.4) is 0 Å². The van der Waals surface area contributed by atoms with Crippen LogP contribution < -0.4 is 15.4 Å². The van der Waals surface area contributed by atoms with Crippen molar-refractivity contribution < 1.29 is 23.1 Å². The molecule has 0 spiro atoms. The van der Waals surface area contributed by atoms with Crippen molar-refractivity contribution in [3.8, 4) is 11.6 Å². The summed E-state index contributed by atoms with van der Waals surface area (Å²) in [5.41, 5.74) is 2.36. The number of amides is 1. The van der Waals surface area contributed by atoms with E-state index >= 15 is 0 Å². The summed E-state index contributed by atoms with van der Waals surface area (Å²) in [7, 11) is -3.83. The Morgan fingerprint density at radius 3 is 2.51 bits per heavy atom. The van der Waals surface area contributed by atoms with Gasteiger partial charge < -0.3 is 15.2 Å². The third kappa shape index (κ3) is 5.47. The van der Waals surface area contributed by atoms with Gasteiger partial charge in [-0.25, -0.2) is 27.2 Å². The molecule has 0 aliphatic rings. The summed E-state index contributed by atoms with van der Waals surface area (Å²) in [5, 5.41) is 17.5. The number of hydrogen-bond donors (Lipinski definition) is 3. The highest BCUT2D eigenvalue weighted by molar-refractivity contribution is 7.90. The number of anilines is 3. The lowest BCUT2D eigenvalue weighted by Crippen LogP contribution is -2.19. The molecule has 1 amide bonds. The van der Waals surface area contributed by atoms with Crippen LogP contribution in [0.4, 0.5) is 22.1 Å². The van der Waals surface area contributed by atoms with E-state index in [-0.39, 0.29) is 22.4 Å². The molecule has 3 N–H and O–H groups in total. The fraction of sp³-hybridized carbons (Fsp3) is 0.133. The molecule has 2 aromatic carbocycles. The third-order valence-corrected chi connectivity index (χ3v) is 9.13. The first-order valence-electron chi connectivity index (χ1n) is 13.1. The predicted octanol–water partition coefficient (Wildman–Crippen LogP) is 7.20. The molecule has 0 atom stereocenters. The Bertz CT molecular complexity index is 2100. The summed E-state index contributed by atoms with van der Waals surface area (Å²) < 4.78 is 34.4. The van der Waals surface area contributed by atoms with Gasteiger partial charge in [0.15, 0.2) is 5.65 Å². The van der Waals surface area contributed by atoms with Crippen molar-refractivity contribution in [1.29, 1.82) is 0 Å².